The largest absolute Gasteiger partial charge is 0.468 e. The first-order valence-electron chi connectivity index (χ1n) is 3.64. The van der Waals surface area contributed by atoms with Gasteiger partial charge in [0.1, 0.15) is 0 Å². The average Bonchev–Trinajstić information content (AvgIpc) is 1.99. The van der Waals surface area contributed by atoms with Gasteiger partial charge < -0.3 is 15.8 Å². The molecule has 5 heteroatoms. The first kappa shape index (κ1) is 10.9. The van der Waals surface area contributed by atoms with Gasteiger partial charge in [-0.15, -0.1) is 0 Å². The van der Waals surface area contributed by atoms with Crippen molar-refractivity contribution in [2.45, 2.75) is 19.4 Å². The summed E-state index contributed by atoms with van der Waals surface area (Å²) in [6.07, 6.45) is 0.219. The third-order valence-corrected chi connectivity index (χ3v) is 1.33. The smallest absolute Gasteiger partial charge is 0.319 e. The Morgan fingerprint density at radius 3 is 2.58 bits per heavy atom. The third-order valence-electron chi connectivity index (χ3n) is 1.33. The van der Waals surface area contributed by atoms with Crippen LogP contribution < -0.4 is 11.1 Å². The highest BCUT2D eigenvalue weighted by Crippen LogP contribution is 1.87. The van der Waals surface area contributed by atoms with Crippen LogP contribution >= 0.6 is 0 Å². The summed E-state index contributed by atoms with van der Waals surface area (Å²) in [6, 6.07) is -0.0957. The maximum absolute atomic E-state index is 10.6. The Balaban J connectivity index is 3.50. The van der Waals surface area contributed by atoms with Crippen LogP contribution in [0.5, 0.6) is 0 Å². The number of nitrogens with one attached hydrogen (secondary N) is 1. The molecule has 1 atom stereocenters. The number of carbonyl (C=O) groups excluding carboxylic acids is 2. The van der Waals surface area contributed by atoms with Crippen molar-refractivity contribution < 1.29 is 14.3 Å². The van der Waals surface area contributed by atoms with E-state index in [1.807, 2.05) is 0 Å². The lowest BCUT2D eigenvalue weighted by atomic mass is 10.2. The van der Waals surface area contributed by atoms with Gasteiger partial charge in [-0.1, -0.05) is 0 Å². The summed E-state index contributed by atoms with van der Waals surface area (Å²) in [5.41, 5.74) is 4.94. The van der Waals surface area contributed by atoms with Crippen LogP contribution in [-0.4, -0.2) is 31.6 Å². The van der Waals surface area contributed by atoms with E-state index in [0.717, 1.165) is 0 Å². The lowest BCUT2D eigenvalue weighted by Gasteiger charge is -2.09. The molecule has 0 radical (unpaired) electrons. The number of ether oxygens (including phenoxy) is 1. The van der Waals surface area contributed by atoms with Crippen LogP contribution in [0.3, 0.4) is 0 Å². The molecule has 0 aromatic rings. The van der Waals surface area contributed by atoms with E-state index < -0.39 is 0 Å². The number of amides is 1. The monoisotopic (exact) mass is 174 g/mol. The Labute approximate surface area is 71.3 Å². The van der Waals surface area contributed by atoms with Crippen LogP contribution in [0, 0.1) is 0 Å². The van der Waals surface area contributed by atoms with Crippen LogP contribution in [-0.2, 0) is 14.3 Å². The van der Waals surface area contributed by atoms with Crippen LogP contribution in [0.1, 0.15) is 13.3 Å². The van der Waals surface area contributed by atoms with Gasteiger partial charge in [0.15, 0.2) is 0 Å². The first-order chi connectivity index (χ1) is 5.56. The third kappa shape index (κ3) is 5.67. The summed E-state index contributed by atoms with van der Waals surface area (Å²) in [6.45, 7) is 1.87. The van der Waals surface area contributed by atoms with Gasteiger partial charge in [-0.05, 0) is 6.92 Å². The number of esters is 1. The number of rotatable bonds is 5. The zero-order valence-corrected chi connectivity index (χ0v) is 7.29. The lowest BCUT2D eigenvalue weighted by Crippen LogP contribution is -2.35. The number of nitrogens with two attached hydrogens (primary N) is 1. The molecule has 0 aromatic carbocycles. The molecule has 0 saturated carbocycles. The molecule has 0 aromatic heterocycles. The molecule has 1 amide bonds. The summed E-state index contributed by atoms with van der Waals surface area (Å²) in [4.78, 5) is 21.0. The van der Waals surface area contributed by atoms with E-state index >= 15 is 0 Å². The molecule has 0 fully saturated rings. The minimum atomic E-state index is -0.389. The fraction of sp³-hybridized carbons (Fsp3) is 0.714. The van der Waals surface area contributed by atoms with E-state index in [-0.39, 0.29) is 30.9 Å². The molecule has 0 aliphatic carbocycles. The predicted molar refractivity (Wildman–Crippen MR) is 43.3 cm³/mol. The predicted octanol–water partition coefficient (Wildman–Crippen LogP) is -0.987. The van der Waals surface area contributed by atoms with Gasteiger partial charge in [-0.2, -0.15) is 0 Å². The quantitative estimate of drug-likeness (QED) is 0.524. The highest BCUT2D eigenvalue weighted by atomic mass is 16.5. The molecule has 70 valence electrons. The maximum atomic E-state index is 10.6. The zero-order chi connectivity index (χ0) is 9.56. The second-order valence-electron chi connectivity index (χ2n) is 2.53. The van der Waals surface area contributed by atoms with Crippen molar-refractivity contribution in [3.63, 3.8) is 0 Å². The number of primary amides is 1. The molecule has 3 N–H and O–H groups in total. The summed E-state index contributed by atoms with van der Waals surface area (Å²) in [5.74, 6) is -0.744. The molecule has 5 nitrogen and oxygen atoms in total. The van der Waals surface area contributed by atoms with E-state index in [2.05, 4.69) is 10.1 Å². The Bertz CT molecular complexity index is 170. The van der Waals surface area contributed by atoms with Crippen molar-refractivity contribution >= 4 is 11.9 Å². The van der Waals surface area contributed by atoms with E-state index in [4.69, 9.17) is 5.73 Å². The van der Waals surface area contributed by atoms with Gasteiger partial charge in [-0.3, -0.25) is 9.59 Å². The van der Waals surface area contributed by atoms with Crippen LogP contribution in [0.2, 0.25) is 0 Å². The van der Waals surface area contributed by atoms with Gasteiger partial charge in [0.2, 0.25) is 5.91 Å². The first-order valence-corrected chi connectivity index (χ1v) is 3.64. The van der Waals surface area contributed by atoms with Crippen molar-refractivity contribution in [1.82, 2.24) is 5.32 Å². The van der Waals surface area contributed by atoms with Crippen molar-refractivity contribution in [2.24, 2.45) is 5.73 Å². The van der Waals surface area contributed by atoms with Gasteiger partial charge in [0.25, 0.3) is 0 Å². The topological polar surface area (TPSA) is 81.4 Å². The molecular formula is C7H14N2O3. The van der Waals surface area contributed by atoms with Crippen LogP contribution in [0.15, 0.2) is 0 Å². The molecule has 0 rings (SSSR count). The van der Waals surface area contributed by atoms with Crippen molar-refractivity contribution in [1.29, 1.82) is 0 Å². The molecule has 0 aliphatic heterocycles. The molecule has 0 aliphatic rings. The lowest BCUT2D eigenvalue weighted by molar-refractivity contribution is -0.139. The molecule has 0 bridgehead atoms. The van der Waals surface area contributed by atoms with E-state index in [0.29, 0.717) is 0 Å². The fourth-order valence-electron chi connectivity index (χ4n) is 0.704. The minimum Gasteiger partial charge on any atom is -0.468 e. The molecule has 0 unspecified atom stereocenters. The molecule has 0 spiro atoms. The second-order valence-corrected chi connectivity index (χ2v) is 2.53. The van der Waals surface area contributed by atoms with Gasteiger partial charge in [-0.25, -0.2) is 0 Å². The SMILES string of the molecule is COC(=O)CN[C@@H](C)CC(N)=O. The Morgan fingerprint density at radius 1 is 1.58 bits per heavy atom. The zero-order valence-electron chi connectivity index (χ0n) is 7.29. The van der Waals surface area contributed by atoms with E-state index in [1.54, 1.807) is 6.92 Å². The van der Waals surface area contributed by atoms with Crippen molar-refractivity contribution in [3.05, 3.63) is 0 Å². The fourth-order valence-corrected chi connectivity index (χ4v) is 0.704. The Kier molecular flexibility index (Phi) is 5.03. The van der Waals surface area contributed by atoms with Crippen LogP contribution in [0.4, 0.5) is 0 Å². The standard InChI is InChI=1S/C7H14N2O3/c1-5(3-6(8)10)9-4-7(11)12-2/h5,9H,3-4H2,1-2H3,(H2,8,10)/t5-/m0/s1. The van der Waals surface area contributed by atoms with E-state index in [9.17, 15) is 9.59 Å². The minimum absolute atomic E-state index is 0.0957. The summed E-state index contributed by atoms with van der Waals surface area (Å²) < 4.78 is 4.39. The number of hydrogen-bond acceptors (Lipinski definition) is 4. The number of hydrogen-bond donors (Lipinski definition) is 2. The summed E-state index contributed by atoms with van der Waals surface area (Å²) in [5, 5.41) is 2.79. The maximum Gasteiger partial charge on any atom is 0.319 e. The molecule has 12 heavy (non-hydrogen) atoms. The average molecular weight is 174 g/mol. The Hall–Kier alpha value is -1.10. The van der Waals surface area contributed by atoms with Gasteiger partial charge in [0.05, 0.1) is 13.7 Å². The molecular weight excluding hydrogens is 160 g/mol. The highest BCUT2D eigenvalue weighted by molar-refractivity contribution is 5.74. The van der Waals surface area contributed by atoms with Crippen LogP contribution in [0.25, 0.3) is 0 Å². The normalized spacial score (nSPS) is 12.2. The number of carbonyl (C=O) groups is 2. The van der Waals surface area contributed by atoms with Crippen molar-refractivity contribution in [2.75, 3.05) is 13.7 Å². The molecule has 0 saturated heterocycles. The van der Waals surface area contributed by atoms with E-state index in [1.165, 1.54) is 7.11 Å². The van der Waals surface area contributed by atoms with Gasteiger partial charge >= 0.3 is 5.97 Å². The molecule has 0 heterocycles. The number of methoxy groups -OCH3 is 1. The Morgan fingerprint density at radius 2 is 2.17 bits per heavy atom. The van der Waals surface area contributed by atoms with Gasteiger partial charge in [0, 0.05) is 12.5 Å². The second kappa shape index (κ2) is 5.54. The summed E-state index contributed by atoms with van der Waals surface area (Å²) >= 11 is 0. The highest BCUT2D eigenvalue weighted by Gasteiger charge is 2.07. The van der Waals surface area contributed by atoms with Crippen molar-refractivity contribution in [3.8, 4) is 0 Å². The summed E-state index contributed by atoms with van der Waals surface area (Å²) in [7, 11) is 1.31.